The number of nitrogens with zero attached hydrogens (tertiary/aromatic N) is 2. The van der Waals surface area contributed by atoms with Crippen molar-refractivity contribution in [2.75, 3.05) is 23.3 Å². The zero-order valence-electron chi connectivity index (χ0n) is 15.1. The Balaban J connectivity index is 1.62. The molecule has 1 saturated heterocycles. The number of nitro groups is 1. The zero-order chi connectivity index (χ0) is 19.4. The molecule has 2 aromatic rings. The molecule has 0 spiro atoms. The highest BCUT2D eigenvalue weighted by Gasteiger charge is 2.27. The van der Waals surface area contributed by atoms with Crippen LogP contribution in [0, 0.1) is 23.0 Å². The van der Waals surface area contributed by atoms with Gasteiger partial charge in [0.25, 0.3) is 5.69 Å². The van der Waals surface area contributed by atoms with Gasteiger partial charge in [0.15, 0.2) is 0 Å². The van der Waals surface area contributed by atoms with Gasteiger partial charge in [-0.25, -0.2) is 0 Å². The summed E-state index contributed by atoms with van der Waals surface area (Å²) >= 11 is 0. The van der Waals surface area contributed by atoms with E-state index in [1.54, 1.807) is 24.3 Å². The molecule has 1 N–H and O–H groups in total. The monoisotopic (exact) mass is 367 g/mol. The molecular formula is C20H21N3O4. The van der Waals surface area contributed by atoms with Crippen molar-refractivity contribution in [2.24, 2.45) is 5.92 Å². The van der Waals surface area contributed by atoms with E-state index < -0.39 is 4.92 Å². The minimum atomic E-state index is -0.485. The number of aryl methyl sites for hydroxylation is 1. The van der Waals surface area contributed by atoms with Crippen molar-refractivity contribution in [3.63, 3.8) is 0 Å². The number of hydrogen-bond donors (Lipinski definition) is 1. The molecule has 2 aromatic carbocycles. The molecule has 1 fully saturated rings. The maximum atomic E-state index is 12.6. The van der Waals surface area contributed by atoms with Gasteiger partial charge in [-0.2, -0.15) is 0 Å². The minimum Gasteiger partial charge on any atom is -0.371 e. The number of aldehydes is 1. The van der Waals surface area contributed by atoms with E-state index in [4.69, 9.17) is 0 Å². The topological polar surface area (TPSA) is 92.6 Å². The second-order valence-corrected chi connectivity index (χ2v) is 6.74. The Bertz CT molecular complexity index is 856. The Kier molecular flexibility index (Phi) is 5.49. The number of carbonyl (C=O) groups is 2. The van der Waals surface area contributed by atoms with Crippen molar-refractivity contribution in [2.45, 2.75) is 19.8 Å². The number of carbonyl (C=O) groups excluding carboxylic acids is 2. The fourth-order valence-electron chi connectivity index (χ4n) is 3.31. The number of nitrogens with one attached hydrogen (secondary N) is 1. The van der Waals surface area contributed by atoms with E-state index in [9.17, 15) is 19.7 Å². The van der Waals surface area contributed by atoms with Gasteiger partial charge in [-0.1, -0.05) is 6.07 Å². The van der Waals surface area contributed by atoms with Gasteiger partial charge >= 0.3 is 0 Å². The molecular weight excluding hydrogens is 346 g/mol. The second-order valence-electron chi connectivity index (χ2n) is 6.74. The van der Waals surface area contributed by atoms with Crippen LogP contribution < -0.4 is 10.2 Å². The van der Waals surface area contributed by atoms with Crippen LogP contribution in [0.5, 0.6) is 0 Å². The summed E-state index contributed by atoms with van der Waals surface area (Å²) in [6.45, 7) is 3.26. The van der Waals surface area contributed by atoms with Crippen LogP contribution in [0.4, 0.5) is 17.1 Å². The number of rotatable bonds is 5. The predicted octanol–water partition coefficient (Wildman–Crippen LogP) is 3.57. The predicted molar refractivity (Wildman–Crippen MR) is 103 cm³/mol. The molecule has 140 valence electrons. The molecule has 1 aliphatic heterocycles. The highest BCUT2D eigenvalue weighted by atomic mass is 16.6. The van der Waals surface area contributed by atoms with E-state index in [0.29, 0.717) is 31.5 Å². The van der Waals surface area contributed by atoms with Crippen LogP contribution in [0.2, 0.25) is 0 Å². The van der Waals surface area contributed by atoms with Crippen molar-refractivity contribution in [1.82, 2.24) is 0 Å². The average Bonchev–Trinajstić information content (AvgIpc) is 2.68. The number of nitro benzene ring substituents is 1. The number of hydrogen-bond acceptors (Lipinski definition) is 5. The molecule has 27 heavy (non-hydrogen) atoms. The van der Waals surface area contributed by atoms with Crippen LogP contribution in [0.25, 0.3) is 0 Å². The Morgan fingerprint density at radius 3 is 2.44 bits per heavy atom. The fourth-order valence-corrected chi connectivity index (χ4v) is 3.31. The first-order valence-corrected chi connectivity index (χ1v) is 8.84. The third-order valence-electron chi connectivity index (χ3n) is 4.87. The third kappa shape index (κ3) is 4.31. The Hall–Kier alpha value is -3.22. The Morgan fingerprint density at radius 2 is 1.85 bits per heavy atom. The first-order chi connectivity index (χ1) is 13.0. The summed E-state index contributed by atoms with van der Waals surface area (Å²) in [5.74, 6) is -0.365. The summed E-state index contributed by atoms with van der Waals surface area (Å²) in [7, 11) is 0. The normalized spacial score (nSPS) is 14.6. The van der Waals surface area contributed by atoms with Gasteiger partial charge in [0.1, 0.15) is 12.0 Å². The molecule has 0 saturated carbocycles. The molecule has 0 unspecified atom stereocenters. The summed E-state index contributed by atoms with van der Waals surface area (Å²) in [5.41, 5.74) is 2.66. The maximum absolute atomic E-state index is 12.6. The number of anilines is 2. The van der Waals surface area contributed by atoms with E-state index in [1.165, 1.54) is 6.07 Å². The molecule has 0 aliphatic carbocycles. The highest BCUT2D eigenvalue weighted by molar-refractivity contribution is 5.95. The average molecular weight is 367 g/mol. The summed E-state index contributed by atoms with van der Waals surface area (Å²) in [6.07, 6.45) is 2.15. The lowest BCUT2D eigenvalue weighted by Crippen LogP contribution is -2.38. The number of piperidine rings is 1. The van der Waals surface area contributed by atoms with Gasteiger partial charge in [0.05, 0.1) is 4.92 Å². The van der Waals surface area contributed by atoms with Crippen molar-refractivity contribution in [3.8, 4) is 0 Å². The molecule has 1 aliphatic rings. The first-order valence-electron chi connectivity index (χ1n) is 8.84. The summed E-state index contributed by atoms with van der Waals surface area (Å²) in [4.78, 5) is 36.2. The molecule has 0 radical (unpaired) electrons. The zero-order valence-corrected chi connectivity index (χ0v) is 15.1. The SMILES string of the molecule is Cc1ccc([N+](=O)[O-])c(NC(=O)C2CCN(c3ccc(C=O)cc3)CC2)c1. The van der Waals surface area contributed by atoms with Gasteiger partial charge in [0.2, 0.25) is 5.91 Å². The van der Waals surface area contributed by atoms with Gasteiger partial charge in [-0.15, -0.1) is 0 Å². The molecule has 0 atom stereocenters. The minimum absolute atomic E-state index is 0.0957. The Labute approximate surface area is 157 Å². The van der Waals surface area contributed by atoms with Gasteiger partial charge in [-0.3, -0.25) is 19.7 Å². The van der Waals surface area contributed by atoms with E-state index in [-0.39, 0.29) is 23.2 Å². The maximum Gasteiger partial charge on any atom is 0.292 e. The van der Waals surface area contributed by atoms with Crippen molar-refractivity contribution < 1.29 is 14.5 Å². The number of amides is 1. The van der Waals surface area contributed by atoms with Crippen LogP contribution in [0.15, 0.2) is 42.5 Å². The molecule has 7 heteroatoms. The molecule has 3 rings (SSSR count). The lowest BCUT2D eigenvalue weighted by atomic mass is 9.95. The van der Waals surface area contributed by atoms with Crippen molar-refractivity contribution in [3.05, 3.63) is 63.7 Å². The highest BCUT2D eigenvalue weighted by Crippen LogP contribution is 2.28. The smallest absolute Gasteiger partial charge is 0.292 e. The van der Waals surface area contributed by atoms with Crippen LogP contribution in [0.3, 0.4) is 0 Å². The van der Waals surface area contributed by atoms with E-state index >= 15 is 0 Å². The van der Waals surface area contributed by atoms with Gasteiger partial charge < -0.3 is 10.2 Å². The summed E-state index contributed by atoms with van der Waals surface area (Å²) in [5, 5.41) is 13.9. The molecule has 7 nitrogen and oxygen atoms in total. The summed E-state index contributed by atoms with van der Waals surface area (Å²) in [6, 6.07) is 12.1. The van der Waals surface area contributed by atoms with Crippen molar-refractivity contribution >= 4 is 29.3 Å². The second kappa shape index (κ2) is 7.99. The summed E-state index contributed by atoms with van der Waals surface area (Å²) < 4.78 is 0. The van der Waals surface area contributed by atoms with E-state index in [1.807, 2.05) is 19.1 Å². The van der Waals surface area contributed by atoms with Crippen LogP contribution in [0.1, 0.15) is 28.8 Å². The lowest BCUT2D eigenvalue weighted by Gasteiger charge is -2.33. The fraction of sp³-hybridized carbons (Fsp3) is 0.300. The number of benzene rings is 2. The van der Waals surface area contributed by atoms with E-state index in [2.05, 4.69) is 10.2 Å². The quantitative estimate of drug-likeness (QED) is 0.495. The van der Waals surface area contributed by atoms with Gasteiger partial charge in [-0.05, 0) is 55.7 Å². The van der Waals surface area contributed by atoms with Crippen LogP contribution in [-0.4, -0.2) is 30.2 Å². The van der Waals surface area contributed by atoms with E-state index in [0.717, 1.165) is 17.5 Å². The Morgan fingerprint density at radius 1 is 1.19 bits per heavy atom. The lowest BCUT2D eigenvalue weighted by molar-refractivity contribution is -0.383. The standard InChI is InChI=1S/C20H21N3O4/c1-14-2-7-19(23(26)27)18(12-14)21-20(25)16-8-10-22(11-9-16)17-5-3-15(13-24)4-6-17/h2-7,12-13,16H,8-11H2,1H3,(H,21,25). The molecule has 1 amide bonds. The first kappa shape index (κ1) is 18.6. The van der Waals surface area contributed by atoms with Gasteiger partial charge in [0, 0.05) is 36.3 Å². The molecule has 0 bridgehead atoms. The largest absolute Gasteiger partial charge is 0.371 e. The van der Waals surface area contributed by atoms with Crippen LogP contribution >= 0.6 is 0 Å². The van der Waals surface area contributed by atoms with Crippen molar-refractivity contribution in [1.29, 1.82) is 0 Å². The third-order valence-corrected chi connectivity index (χ3v) is 4.87. The molecule has 0 aromatic heterocycles. The van der Waals surface area contributed by atoms with Crippen LogP contribution in [-0.2, 0) is 4.79 Å². The molecule has 1 heterocycles.